The fourth-order valence-electron chi connectivity index (χ4n) is 2.97. The number of hydrogen-bond acceptors (Lipinski definition) is 3. The third-order valence-corrected chi connectivity index (χ3v) is 4.97. The van der Waals surface area contributed by atoms with Crippen molar-refractivity contribution in [1.29, 1.82) is 0 Å². The Labute approximate surface area is 120 Å². The van der Waals surface area contributed by atoms with Gasteiger partial charge in [-0.25, -0.2) is 0 Å². The first kappa shape index (κ1) is 15.3. The highest BCUT2D eigenvalue weighted by Crippen LogP contribution is 2.31. The van der Waals surface area contributed by atoms with Crippen LogP contribution >= 0.6 is 0 Å². The Kier molecular flexibility index (Phi) is 4.68. The number of carbonyl (C=O) groups is 2. The molecule has 0 aromatic rings. The lowest BCUT2D eigenvalue weighted by Gasteiger charge is -2.37. The lowest BCUT2D eigenvalue weighted by atomic mass is 9.80. The monoisotopic (exact) mass is 282 g/mol. The highest BCUT2D eigenvalue weighted by atomic mass is 16.4. The molecule has 0 atom stereocenters. The third kappa shape index (κ3) is 3.51. The predicted molar refractivity (Wildman–Crippen MR) is 76.4 cm³/mol. The number of hydrogen-bond donors (Lipinski definition) is 1. The van der Waals surface area contributed by atoms with Crippen molar-refractivity contribution in [3.63, 3.8) is 0 Å². The molecule has 0 unspecified atom stereocenters. The molecule has 2 fully saturated rings. The van der Waals surface area contributed by atoms with Crippen molar-refractivity contribution in [3.05, 3.63) is 0 Å². The number of aliphatic carboxylic acids is 1. The van der Waals surface area contributed by atoms with Crippen LogP contribution in [0.25, 0.3) is 0 Å². The van der Waals surface area contributed by atoms with E-state index in [0.717, 1.165) is 31.8 Å². The Balaban J connectivity index is 1.78. The molecular weight excluding hydrogens is 256 g/mol. The molecular formula is C15H26N2O3. The molecule has 5 nitrogen and oxygen atoms in total. The van der Waals surface area contributed by atoms with Gasteiger partial charge in [0.05, 0.1) is 12.0 Å². The number of amides is 1. The molecule has 2 rings (SSSR count). The molecule has 0 aromatic carbocycles. The van der Waals surface area contributed by atoms with E-state index in [0.29, 0.717) is 32.5 Å². The zero-order valence-corrected chi connectivity index (χ0v) is 12.6. The van der Waals surface area contributed by atoms with E-state index < -0.39 is 11.4 Å². The Morgan fingerprint density at radius 3 is 2.20 bits per heavy atom. The maximum Gasteiger partial charge on any atom is 0.309 e. The van der Waals surface area contributed by atoms with Gasteiger partial charge in [-0.3, -0.25) is 14.5 Å². The Hall–Kier alpha value is -1.10. The minimum Gasteiger partial charge on any atom is -0.481 e. The average molecular weight is 282 g/mol. The number of rotatable bonds is 3. The van der Waals surface area contributed by atoms with E-state index in [4.69, 9.17) is 0 Å². The minimum absolute atomic E-state index is 0.204. The smallest absolute Gasteiger partial charge is 0.309 e. The fraction of sp³-hybridized carbons (Fsp3) is 0.867. The summed E-state index contributed by atoms with van der Waals surface area (Å²) in [5.74, 6) is 0.217. The zero-order chi connectivity index (χ0) is 14.8. The van der Waals surface area contributed by atoms with Gasteiger partial charge in [-0.2, -0.15) is 0 Å². The molecule has 1 N–H and O–H groups in total. The van der Waals surface area contributed by atoms with Crippen molar-refractivity contribution in [2.45, 2.75) is 39.5 Å². The van der Waals surface area contributed by atoms with Gasteiger partial charge in [0.1, 0.15) is 0 Å². The van der Waals surface area contributed by atoms with Crippen LogP contribution in [0.2, 0.25) is 0 Å². The molecule has 0 aliphatic carbocycles. The van der Waals surface area contributed by atoms with Crippen LogP contribution in [0.15, 0.2) is 0 Å². The van der Waals surface area contributed by atoms with E-state index in [2.05, 4.69) is 11.8 Å². The normalized spacial score (nSPS) is 24.6. The summed E-state index contributed by atoms with van der Waals surface area (Å²) in [4.78, 5) is 27.5. The Morgan fingerprint density at radius 2 is 1.70 bits per heavy atom. The highest BCUT2D eigenvalue weighted by molar-refractivity contribution is 5.78. The van der Waals surface area contributed by atoms with E-state index in [1.807, 2.05) is 4.90 Å². The second kappa shape index (κ2) is 6.12. The van der Waals surface area contributed by atoms with Crippen molar-refractivity contribution in [1.82, 2.24) is 9.80 Å². The fourth-order valence-corrected chi connectivity index (χ4v) is 2.97. The molecule has 0 radical (unpaired) electrons. The number of carboxylic acids is 1. The second-order valence-corrected chi connectivity index (χ2v) is 6.71. The first-order valence-electron chi connectivity index (χ1n) is 7.64. The molecule has 0 spiro atoms. The van der Waals surface area contributed by atoms with Crippen molar-refractivity contribution in [2.75, 3.05) is 32.7 Å². The summed E-state index contributed by atoms with van der Waals surface area (Å²) in [6, 6.07) is 0. The molecule has 2 saturated heterocycles. The van der Waals surface area contributed by atoms with Gasteiger partial charge in [-0.1, -0.05) is 6.92 Å². The van der Waals surface area contributed by atoms with E-state index in [1.54, 1.807) is 6.92 Å². The third-order valence-electron chi connectivity index (χ3n) is 4.97. The summed E-state index contributed by atoms with van der Waals surface area (Å²) >= 11 is 0. The van der Waals surface area contributed by atoms with Crippen LogP contribution in [0.5, 0.6) is 0 Å². The highest BCUT2D eigenvalue weighted by Gasteiger charge is 2.37. The van der Waals surface area contributed by atoms with Crippen LogP contribution in [0, 0.1) is 11.3 Å². The van der Waals surface area contributed by atoms with Crippen molar-refractivity contribution >= 4 is 11.9 Å². The molecule has 0 bridgehead atoms. The van der Waals surface area contributed by atoms with Gasteiger partial charge in [-0.15, -0.1) is 0 Å². The average Bonchev–Trinajstić information content (AvgIpc) is 2.42. The van der Waals surface area contributed by atoms with Gasteiger partial charge < -0.3 is 10.0 Å². The summed E-state index contributed by atoms with van der Waals surface area (Å²) in [7, 11) is 0. The standard InChI is InChI=1S/C15H26N2O3/c1-12-3-7-17(8-4-12)13(18)11-16-9-5-15(2,6-10-16)14(19)20/h12H,3-11H2,1-2H3,(H,19,20). The quantitative estimate of drug-likeness (QED) is 0.850. The van der Waals surface area contributed by atoms with E-state index >= 15 is 0 Å². The summed E-state index contributed by atoms with van der Waals surface area (Å²) in [5, 5.41) is 9.20. The molecule has 20 heavy (non-hydrogen) atoms. The largest absolute Gasteiger partial charge is 0.481 e. The van der Waals surface area contributed by atoms with Crippen LogP contribution < -0.4 is 0 Å². The van der Waals surface area contributed by atoms with Crippen molar-refractivity contribution in [2.24, 2.45) is 11.3 Å². The number of piperidine rings is 2. The van der Waals surface area contributed by atoms with Gasteiger partial charge in [0, 0.05) is 13.1 Å². The van der Waals surface area contributed by atoms with E-state index in [-0.39, 0.29) is 5.91 Å². The molecule has 0 aromatic heterocycles. The molecule has 2 aliphatic heterocycles. The Morgan fingerprint density at radius 1 is 1.15 bits per heavy atom. The van der Waals surface area contributed by atoms with Crippen LogP contribution in [0.3, 0.4) is 0 Å². The molecule has 114 valence electrons. The topological polar surface area (TPSA) is 60.9 Å². The first-order chi connectivity index (χ1) is 9.40. The van der Waals surface area contributed by atoms with Crippen LogP contribution in [0.1, 0.15) is 39.5 Å². The number of carbonyl (C=O) groups excluding carboxylic acids is 1. The van der Waals surface area contributed by atoms with Crippen molar-refractivity contribution < 1.29 is 14.7 Å². The second-order valence-electron chi connectivity index (χ2n) is 6.71. The molecule has 1 amide bonds. The van der Waals surface area contributed by atoms with Gasteiger partial charge in [0.2, 0.25) is 5.91 Å². The SMILES string of the molecule is CC1CCN(C(=O)CN2CCC(C)(C(=O)O)CC2)CC1. The van der Waals surface area contributed by atoms with Gasteiger partial charge in [0.25, 0.3) is 0 Å². The number of likely N-dealkylation sites (tertiary alicyclic amines) is 2. The van der Waals surface area contributed by atoms with Crippen LogP contribution in [-0.2, 0) is 9.59 Å². The molecule has 2 heterocycles. The van der Waals surface area contributed by atoms with Crippen LogP contribution in [0.4, 0.5) is 0 Å². The molecule has 2 aliphatic rings. The minimum atomic E-state index is -0.714. The number of carboxylic acid groups (broad SMARTS) is 1. The maximum absolute atomic E-state index is 12.2. The Bertz CT molecular complexity index is 367. The summed E-state index contributed by atoms with van der Waals surface area (Å²) in [6.07, 6.45) is 3.46. The van der Waals surface area contributed by atoms with Crippen LogP contribution in [-0.4, -0.2) is 59.5 Å². The molecule has 0 saturated carbocycles. The van der Waals surface area contributed by atoms with E-state index in [9.17, 15) is 14.7 Å². The van der Waals surface area contributed by atoms with Gasteiger partial charge >= 0.3 is 5.97 Å². The summed E-state index contributed by atoms with van der Waals surface area (Å²) < 4.78 is 0. The lowest BCUT2D eigenvalue weighted by Crippen LogP contribution is -2.48. The van der Waals surface area contributed by atoms with Gasteiger partial charge in [-0.05, 0) is 51.6 Å². The van der Waals surface area contributed by atoms with Gasteiger partial charge in [0.15, 0.2) is 0 Å². The predicted octanol–water partition coefficient (Wildman–Crippen LogP) is 1.43. The summed E-state index contributed by atoms with van der Waals surface area (Å²) in [6.45, 7) is 7.66. The van der Waals surface area contributed by atoms with Crippen molar-refractivity contribution in [3.8, 4) is 0 Å². The lowest BCUT2D eigenvalue weighted by molar-refractivity contribution is -0.151. The van der Waals surface area contributed by atoms with E-state index in [1.165, 1.54) is 0 Å². The first-order valence-corrected chi connectivity index (χ1v) is 7.64. The number of nitrogens with zero attached hydrogens (tertiary/aromatic N) is 2. The zero-order valence-electron chi connectivity index (χ0n) is 12.6. The maximum atomic E-state index is 12.2. The molecule has 5 heteroatoms. The summed E-state index contributed by atoms with van der Waals surface area (Å²) in [5.41, 5.74) is -0.611.